The highest BCUT2D eigenvalue weighted by atomic mass is 19.1. The van der Waals surface area contributed by atoms with Crippen LogP contribution in [-0.4, -0.2) is 18.3 Å². The summed E-state index contributed by atoms with van der Waals surface area (Å²) in [6, 6.07) is 11.5. The predicted molar refractivity (Wildman–Crippen MR) is 79.2 cm³/mol. The van der Waals surface area contributed by atoms with E-state index in [-0.39, 0.29) is 11.7 Å². The molecule has 0 fully saturated rings. The average Bonchev–Trinajstić information content (AvgIpc) is 2.46. The Balaban J connectivity index is 2.38. The van der Waals surface area contributed by atoms with Crippen molar-refractivity contribution in [3.05, 3.63) is 59.4 Å². The molecule has 0 saturated carbocycles. The minimum Gasteiger partial charge on any atom is -0.497 e. The van der Waals surface area contributed by atoms with Crippen LogP contribution in [0, 0.1) is 5.82 Å². The Labute approximate surface area is 124 Å². The second-order valence-corrected chi connectivity index (χ2v) is 4.99. The van der Waals surface area contributed by atoms with E-state index in [1.807, 2.05) is 19.9 Å². The first-order valence-electron chi connectivity index (χ1n) is 6.80. The molecule has 2 rings (SSSR count). The van der Waals surface area contributed by atoms with Crippen LogP contribution < -0.4 is 9.47 Å². The maximum absolute atomic E-state index is 14.1. The minimum atomic E-state index is -1.09. The molecule has 0 amide bonds. The van der Waals surface area contributed by atoms with E-state index >= 15 is 0 Å². The summed E-state index contributed by atoms with van der Waals surface area (Å²) in [5.41, 5.74) is 0.728. The van der Waals surface area contributed by atoms with Crippen molar-refractivity contribution in [2.45, 2.75) is 26.1 Å². The van der Waals surface area contributed by atoms with Crippen LogP contribution >= 0.6 is 0 Å². The number of para-hydroxylation sites is 1. The molecular formula is C17H19FO3. The van der Waals surface area contributed by atoms with Crippen LogP contribution in [-0.2, 0) is 0 Å². The summed E-state index contributed by atoms with van der Waals surface area (Å²) in [5, 5.41) is 10.5. The first-order valence-corrected chi connectivity index (χ1v) is 6.80. The lowest BCUT2D eigenvalue weighted by Crippen LogP contribution is -2.10. The molecule has 0 bridgehead atoms. The molecule has 0 aliphatic heterocycles. The molecule has 0 radical (unpaired) electrons. The molecule has 0 aromatic heterocycles. The van der Waals surface area contributed by atoms with Crippen LogP contribution in [0.25, 0.3) is 0 Å². The third-order valence-corrected chi connectivity index (χ3v) is 3.08. The summed E-state index contributed by atoms with van der Waals surface area (Å²) in [7, 11) is 1.47. The van der Waals surface area contributed by atoms with E-state index in [9.17, 15) is 9.50 Å². The van der Waals surface area contributed by atoms with Crippen molar-refractivity contribution in [2.24, 2.45) is 0 Å². The molecule has 2 aromatic rings. The number of hydrogen-bond donors (Lipinski definition) is 1. The Bertz CT molecular complexity index is 611. The fourth-order valence-corrected chi connectivity index (χ4v) is 2.09. The number of halogens is 1. The number of hydrogen-bond acceptors (Lipinski definition) is 3. The van der Waals surface area contributed by atoms with Gasteiger partial charge in [0.2, 0.25) is 0 Å². The number of ether oxygens (including phenoxy) is 2. The molecule has 0 aliphatic carbocycles. The van der Waals surface area contributed by atoms with Gasteiger partial charge in [-0.3, -0.25) is 0 Å². The van der Waals surface area contributed by atoms with Gasteiger partial charge in [0.05, 0.1) is 13.2 Å². The van der Waals surface area contributed by atoms with Crippen LogP contribution in [0.3, 0.4) is 0 Å². The van der Waals surface area contributed by atoms with E-state index in [4.69, 9.17) is 9.47 Å². The van der Waals surface area contributed by atoms with Gasteiger partial charge in [0.15, 0.2) is 0 Å². The van der Waals surface area contributed by atoms with Crippen molar-refractivity contribution in [3.63, 3.8) is 0 Å². The Kier molecular flexibility index (Phi) is 4.81. The molecule has 0 aliphatic rings. The predicted octanol–water partition coefficient (Wildman–Crippen LogP) is 3.70. The lowest BCUT2D eigenvalue weighted by molar-refractivity contribution is 0.194. The smallest absolute Gasteiger partial charge is 0.133 e. The molecule has 1 unspecified atom stereocenters. The summed E-state index contributed by atoms with van der Waals surface area (Å²) < 4.78 is 24.7. The lowest BCUT2D eigenvalue weighted by Gasteiger charge is -2.19. The molecular weight excluding hydrogens is 271 g/mol. The van der Waals surface area contributed by atoms with Crippen LogP contribution in [0.15, 0.2) is 42.5 Å². The zero-order valence-electron chi connectivity index (χ0n) is 12.3. The highest BCUT2D eigenvalue weighted by Crippen LogP contribution is 2.32. The monoisotopic (exact) mass is 290 g/mol. The number of aliphatic hydroxyl groups excluding tert-OH is 1. The van der Waals surface area contributed by atoms with Crippen molar-refractivity contribution < 1.29 is 19.0 Å². The van der Waals surface area contributed by atoms with Crippen molar-refractivity contribution in [1.29, 1.82) is 0 Å². The molecule has 1 atom stereocenters. The van der Waals surface area contributed by atoms with Gasteiger partial charge in [-0.15, -0.1) is 0 Å². The maximum Gasteiger partial charge on any atom is 0.133 e. The van der Waals surface area contributed by atoms with Crippen LogP contribution in [0.2, 0.25) is 0 Å². The lowest BCUT2D eigenvalue weighted by atomic mass is 10.00. The van der Waals surface area contributed by atoms with Crippen LogP contribution in [0.5, 0.6) is 11.5 Å². The molecule has 112 valence electrons. The van der Waals surface area contributed by atoms with Gasteiger partial charge >= 0.3 is 0 Å². The summed E-state index contributed by atoms with van der Waals surface area (Å²) in [6.45, 7) is 3.80. The van der Waals surface area contributed by atoms with Gasteiger partial charge in [0.1, 0.15) is 23.4 Å². The second-order valence-electron chi connectivity index (χ2n) is 4.99. The Morgan fingerprint density at radius 2 is 1.76 bits per heavy atom. The molecule has 2 aromatic carbocycles. The van der Waals surface area contributed by atoms with Gasteiger partial charge in [-0.25, -0.2) is 4.39 Å². The van der Waals surface area contributed by atoms with Gasteiger partial charge in [-0.05, 0) is 32.0 Å². The molecule has 3 nitrogen and oxygen atoms in total. The highest BCUT2D eigenvalue weighted by molar-refractivity contribution is 5.42. The fourth-order valence-electron chi connectivity index (χ4n) is 2.09. The van der Waals surface area contributed by atoms with Gasteiger partial charge in [0.25, 0.3) is 0 Å². The van der Waals surface area contributed by atoms with Crippen molar-refractivity contribution in [1.82, 2.24) is 0 Å². The van der Waals surface area contributed by atoms with Gasteiger partial charge in [0, 0.05) is 17.2 Å². The van der Waals surface area contributed by atoms with Crippen LogP contribution in [0.4, 0.5) is 4.39 Å². The van der Waals surface area contributed by atoms with Crippen LogP contribution in [0.1, 0.15) is 31.1 Å². The molecule has 4 heteroatoms. The van der Waals surface area contributed by atoms with E-state index in [0.29, 0.717) is 17.1 Å². The molecule has 21 heavy (non-hydrogen) atoms. The van der Waals surface area contributed by atoms with E-state index in [0.717, 1.165) is 0 Å². The zero-order valence-corrected chi connectivity index (χ0v) is 12.3. The van der Waals surface area contributed by atoms with E-state index in [2.05, 4.69) is 0 Å². The third kappa shape index (κ3) is 3.52. The largest absolute Gasteiger partial charge is 0.497 e. The number of aliphatic hydroxyl groups is 1. The normalized spacial score (nSPS) is 12.3. The van der Waals surface area contributed by atoms with Crippen molar-refractivity contribution in [2.75, 3.05) is 7.11 Å². The second kappa shape index (κ2) is 6.59. The quantitative estimate of drug-likeness (QED) is 0.912. The number of benzene rings is 2. The maximum atomic E-state index is 14.1. The van der Waals surface area contributed by atoms with E-state index < -0.39 is 11.9 Å². The molecule has 0 heterocycles. The zero-order chi connectivity index (χ0) is 15.4. The van der Waals surface area contributed by atoms with Crippen molar-refractivity contribution >= 4 is 0 Å². The Hall–Kier alpha value is -2.07. The minimum absolute atomic E-state index is 0.0286. The van der Waals surface area contributed by atoms with Gasteiger partial charge in [-0.2, -0.15) is 0 Å². The summed E-state index contributed by atoms with van der Waals surface area (Å²) in [6.07, 6.45) is -1.12. The number of methoxy groups -OCH3 is 1. The van der Waals surface area contributed by atoms with Crippen molar-refractivity contribution in [3.8, 4) is 11.5 Å². The van der Waals surface area contributed by atoms with Gasteiger partial charge < -0.3 is 14.6 Å². The SMILES string of the molecule is COc1ccc(C(O)c2ccccc2OC(C)C)c(F)c1. The fraction of sp³-hybridized carbons (Fsp3) is 0.294. The first kappa shape index (κ1) is 15.3. The highest BCUT2D eigenvalue weighted by Gasteiger charge is 2.19. The van der Waals surface area contributed by atoms with E-state index in [1.54, 1.807) is 24.3 Å². The molecule has 1 N–H and O–H groups in total. The topological polar surface area (TPSA) is 38.7 Å². The standard InChI is InChI=1S/C17H19FO3/c1-11(2)21-16-7-5-4-6-14(16)17(19)13-9-8-12(20-3)10-15(13)18/h4-11,17,19H,1-3H3. The molecule has 0 saturated heterocycles. The summed E-state index contributed by atoms with van der Waals surface area (Å²) in [5.74, 6) is 0.451. The first-order chi connectivity index (χ1) is 10.0. The average molecular weight is 290 g/mol. The Morgan fingerprint density at radius 3 is 2.38 bits per heavy atom. The third-order valence-electron chi connectivity index (χ3n) is 3.08. The molecule has 0 spiro atoms. The summed E-state index contributed by atoms with van der Waals surface area (Å²) in [4.78, 5) is 0. The van der Waals surface area contributed by atoms with Gasteiger partial charge in [-0.1, -0.05) is 18.2 Å². The number of rotatable bonds is 5. The van der Waals surface area contributed by atoms with E-state index in [1.165, 1.54) is 19.2 Å². The summed E-state index contributed by atoms with van der Waals surface area (Å²) >= 11 is 0. The Morgan fingerprint density at radius 1 is 1.05 bits per heavy atom.